The summed E-state index contributed by atoms with van der Waals surface area (Å²) in [5.41, 5.74) is 5.65. The first-order valence-corrected chi connectivity index (χ1v) is 6.18. The van der Waals surface area contributed by atoms with Gasteiger partial charge in [-0.15, -0.1) is 0 Å². The summed E-state index contributed by atoms with van der Waals surface area (Å²) in [5, 5.41) is 2.79. The summed E-state index contributed by atoms with van der Waals surface area (Å²) < 4.78 is 5.90. The Morgan fingerprint density at radius 2 is 1.88 bits per heavy atom. The van der Waals surface area contributed by atoms with E-state index < -0.39 is 0 Å². The first-order valence-electron chi connectivity index (χ1n) is 5.80. The molecule has 2 rings (SSSR count). The molecule has 0 aliphatic rings. The fourth-order valence-corrected chi connectivity index (χ4v) is 2.04. The summed E-state index contributed by atoms with van der Waals surface area (Å²) in [7, 11) is 0. The third kappa shape index (κ3) is 2.54. The lowest BCUT2D eigenvalue weighted by atomic mass is 10.1. The van der Waals surface area contributed by atoms with Crippen molar-refractivity contribution in [1.29, 1.82) is 0 Å². The molecule has 2 aromatic rings. The highest BCUT2D eigenvalue weighted by atomic mass is 35.5. The van der Waals surface area contributed by atoms with Crippen LogP contribution in [0.2, 0.25) is 5.02 Å². The van der Waals surface area contributed by atoms with Crippen molar-refractivity contribution >= 4 is 22.4 Å². The second-order valence-electron chi connectivity index (χ2n) is 3.97. The first kappa shape index (κ1) is 12.2. The smallest absolute Gasteiger partial charge is 0.127 e. The van der Waals surface area contributed by atoms with Crippen LogP contribution in [0.4, 0.5) is 0 Å². The number of ether oxygens (including phenoxy) is 1. The van der Waals surface area contributed by atoms with Gasteiger partial charge in [0, 0.05) is 22.3 Å². The Bertz CT molecular complexity index is 509. The van der Waals surface area contributed by atoms with Gasteiger partial charge in [0.15, 0.2) is 0 Å². The van der Waals surface area contributed by atoms with Crippen LogP contribution in [0.1, 0.15) is 13.3 Å². The lowest BCUT2D eigenvalue weighted by molar-refractivity contribution is 0.208. The Balaban J connectivity index is 2.44. The van der Waals surface area contributed by atoms with Crippen LogP contribution in [-0.2, 0) is 0 Å². The molecule has 2 N–H and O–H groups in total. The van der Waals surface area contributed by atoms with Gasteiger partial charge in [-0.3, -0.25) is 0 Å². The number of nitrogens with two attached hydrogens (primary N) is 1. The van der Waals surface area contributed by atoms with Crippen molar-refractivity contribution in [2.24, 2.45) is 5.73 Å². The quantitative estimate of drug-likeness (QED) is 0.899. The minimum Gasteiger partial charge on any atom is -0.488 e. The SMILES string of the molecule is CCC(CN)Oc1ccc(Cl)c2ccccc12. The maximum absolute atomic E-state index is 6.15. The molecule has 17 heavy (non-hydrogen) atoms. The van der Waals surface area contributed by atoms with Gasteiger partial charge < -0.3 is 10.5 Å². The van der Waals surface area contributed by atoms with E-state index in [9.17, 15) is 0 Å². The van der Waals surface area contributed by atoms with Crippen LogP contribution < -0.4 is 10.5 Å². The van der Waals surface area contributed by atoms with Crippen LogP contribution in [0, 0.1) is 0 Å². The maximum atomic E-state index is 6.15. The normalized spacial score (nSPS) is 12.6. The van der Waals surface area contributed by atoms with Crippen molar-refractivity contribution < 1.29 is 4.74 Å². The number of rotatable bonds is 4. The van der Waals surface area contributed by atoms with E-state index in [0.717, 1.165) is 28.0 Å². The fourth-order valence-electron chi connectivity index (χ4n) is 1.82. The van der Waals surface area contributed by atoms with E-state index in [1.807, 2.05) is 36.4 Å². The highest BCUT2D eigenvalue weighted by molar-refractivity contribution is 6.35. The van der Waals surface area contributed by atoms with E-state index in [1.54, 1.807) is 0 Å². The Hall–Kier alpha value is -1.25. The van der Waals surface area contributed by atoms with Crippen molar-refractivity contribution in [3.63, 3.8) is 0 Å². The van der Waals surface area contributed by atoms with Gasteiger partial charge >= 0.3 is 0 Å². The van der Waals surface area contributed by atoms with Crippen LogP contribution in [0.5, 0.6) is 5.75 Å². The fraction of sp³-hybridized carbons (Fsp3) is 0.286. The van der Waals surface area contributed by atoms with Gasteiger partial charge in [0.2, 0.25) is 0 Å². The van der Waals surface area contributed by atoms with Crippen LogP contribution in [0.15, 0.2) is 36.4 Å². The van der Waals surface area contributed by atoms with Crippen LogP contribution in [0.25, 0.3) is 10.8 Å². The molecule has 0 aliphatic carbocycles. The molecule has 0 saturated heterocycles. The Morgan fingerprint density at radius 1 is 1.18 bits per heavy atom. The Kier molecular flexibility index (Phi) is 3.87. The minimum atomic E-state index is 0.0552. The average Bonchev–Trinajstić information content (AvgIpc) is 2.38. The molecule has 1 unspecified atom stereocenters. The van der Waals surface area contributed by atoms with Crippen molar-refractivity contribution in [3.8, 4) is 5.75 Å². The number of fused-ring (bicyclic) bond motifs is 1. The molecular formula is C14H16ClNO. The Labute approximate surface area is 106 Å². The highest BCUT2D eigenvalue weighted by Crippen LogP contribution is 2.31. The topological polar surface area (TPSA) is 35.2 Å². The second-order valence-corrected chi connectivity index (χ2v) is 4.38. The zero-order valence-corrected chi connectivity index (χ0v) is 10.6. The van der Waals surface area contributed by atoms with Gasteiger partial charge in [-0.05, 0) is 18.6 Å². The Morgan fingerprint density at radius 3 is 2.53 bits per heavy atom. The van der Waals surface area contributed by atoms with Gasteiger partial charge in [0.25, 0.3) is 0 Å². The van der Waals surface area contributed by atoms with Crippen molar-refractivity contribution in [2.75, 3.05) is 6.54 Å². The van der Waals surface area contributed by atoms with Gasteiger partial charge in [0.05, 0.1) is 0 Å². The van der Waals surface area contributed by atoms with E-state index in [4.69, 9.17) is 22.1 Å². The minimum absolute atomic E-state index is 0.0552. The molecule has 0 fully saturated rings. The molecule has 0 heterocycles. The third-order valence-corrected chi connectivity index (χ3v) is 3.17. The molecule has 2 nitrogen and oxygen atoms in total. The molecular weight excluding hydrogens is 234 g/mol. The van der Waals surface area contributed by atoms with Crippen LogP contribution in [-0.4, -0.2) is 12.6 Å². The molecule has 0 aliphatic heterocycles. The molecule has 90 valence electrons. The summed E-state index contributed by atoms with van der Waals surface area (Å²) >= 11 is 6.15. The zero-order chi connectivity index (χ0) is 12.3. The maximum Gasteiger partial charge on any atom is 0.127 e. The van der Waals surface area contributed by atoms with Gasteiger partial charge in [-0.25, -0.2) is 0 Å². The third-order valence-electron chi connectivity index (χ3n) is 2.84. The lowest BCUT2D eigenvalue weighted by Crippen LogP contribution is -2.25. The lowest BCUT2D eigenvalue weighted by Gasteiger charge is -2.17. The summed E-state index contributed by atoms with van der Waals surface area (Å²) in [4.78, 5) is 0. The van der Waals surface area contributed by atoms with Gasteiger partial charge in [-0.1, -0.05) is 42.8 Å². The number of halogens is 1. The van der Waals surface area contributed by atoms with Crippen molar-refractivity contribution in [2.45, 2.75) is 19.4 Å². The van der Waals surface area contributed by atoms with Crippen molar-refractivity contribution in [1.82, 2.24) is 0 Å². The number of benzene rings is 2. The monoisotopic (exact) mass is 249 g/mol. The molecule has 3 heteroatoms. The molecule has 0 spiro atoms. The molecule has 0 saturated carbocycles. The van der Waals surface area contributed by atoms with Gasteiger partial charge in [0.1, 0.15) is 11.9 Å². The number of hydrogen-bond donors (Lipinski definition) is 1. The molecule has 0 radical (unpaired) electrons. The summed E-state index contributed by atoms with van der Waals surface area (Å²) in [6.07, 6.45) is 0.951. The summed E-state index contributed by atoms with van der Waals surface area (Å²) in [6, 6.07) is 11.7. The summed E-state index contributed by atoms with van der Waals surface area (Å²) in [6.45, 7) is 2.59. The molecule has 1 atom stereocenters. The van der Waals surface area contributed by atoms with E-state index in [2.05, 4.69) is 6.92 Å². The molecule has 0 bridgehead atoms. The second kappa shape index (κ2) is 5.39. The van der Waals surface area contributed by atoms with Crippen molar-refractivity contribution in [3.05, 3.63) is 41.4 Å². The van der Waals surface area contributed by atoms with E-state index in [-0.39, 0.29) is 6.10 Å². The van der Waals surface area contributed by atoms with E-state index in [0.29, 0.717) is 6.54 Å². The predicted octanol–water partition coefficient (Wildman–Crippen LogP) is 3.61. The van der Waals surface area contributed by atoms with Crippen LogP contribution in [0.3, 0.4) is 0 Å². The van der Waals surface area contributed by atoms with E-state index >= 15 is 0 Å². The average molecular weight is 250 g/mol. The highest BCUT2D eigenvalue weighted by Gasteiger charge is 2.09. The summed E-state index contributed by atoms with van der Waals surface area (Å²) in [5.74, 6) is 0.849. The van der Waals surface area contributed by atoms with E-state index in [1.165, 1.54) is 0 Å². The molecule has 2 aromatic carbocycles. The van der Waals surface area contributed by atoms with Crippen LogP contribution >= 0.6 is 11.6 Å². The first-order chi connectivity index (χ1) is 8.26. The van der Waals surface area contributed by atoms with Gasteiger partial charge in [-0.2, -0.15) is 0 Å². The molecule has 0 aromatic heterocycles. The standard InChI is InChI=1S/C14H16ClNO/c1-2-10(9-16)17-14-8-7-13(15)11-5-3-4-6-12(11)14/h3-8,10H,2,9,16H2,1H3. The molecule has 0 amide bonds. The largest absolute Gasteiger partial charge is 0.488 e. The predicted molar refractivity (Wildman–Crippen MR) is 72.7 cm³/mol. The number of hydrogen-bond acceptors (Lipinski definition) is 2. The zero-order valence-electron chi connectivity index (χ0n) is 9.82.